The third-order valence-electron chi connectivity index (χ3n) is 0.928. The molecular formula is C4H11N3NaO3P. The quantitative estimate of drug-likeness (QED) is 0.238. The van der Waals surface area contributed by atoms with Crippen LogP contribution in [0.25, 0.3) is 0 Å². The van der Waals surface area contributed by atoms with Crippen molar-refractivity contribution < 1.29 is 14.3 Å². The predicted molar refractivity (Wildman–Crippen MR) is 48.7 cm³/mol. The van der Waals surface area contributed by atoms with E-state index in [1.807, 2.05) is 5.43 Å². The zero-order valence-corrected chi connectivity index (χ0v) is 7.13. The van der Waals surface area contributed by atoms with Crippen LogP contribution in [0.3, 0.4) is 0 Å². The second kappa shape index (κ2) is 5.72. The van der Waals surface area contributed by atoms with E-state index in [9.17, 15) is 9.36 Å². The Morgan fingerprint density at radius 3 is 2.33 bits per heavy atom. The van der Waals surface area contributed by atoms with Gasteiger partial charge in [-0.25, -0.2) is 10.2 Å². The van der Waals surface area contributed by atoms with Crippen molar-refractivity contribution in [3.8, 4) is 0 Å². The molecule has 0 saturated carbocycles. The summed E-state index contributed by atoms with van der Waals surface area (Å²) in [6, 6.07) is -0.863. The van der Waals surface area contributed by atoms with Gasteiger partial charge in [0.25, 0.3) is 0 Å². The third-order valence-corrected chi connectivity index (χ3v) is 2.23. The number of carbonyl (C=O) groups excluding carboxylic acids is 1. The molecule has 1 unspecified atom stereocenters. The summed E-state index contributed by atoms with van der Waals surface area (Å²) in [6.45, 7) is 2.45. The molecule has 12 heavy (non-hydrogen) atoms. The molecule has 0 aliphatic rings. The van der Waals surface area contributed by atoms with Gasteiger partial charge in [-0.15, -0.1) is 0 Å². The van der Waals surface area contributed by atoms with Crippen molar-refractivity contribution in [3.05, 3.63) is 0 Å². The number of urea groups is 1. The second-order valence-electron chi connectivity index (χ2n) is 2.01. The Balaban J connectivity index is 0. The molecule has 6 nitrogen and oxygen atoms in total. The first-order valence-electron chi connectivity index (χ1n) is 2.74. The summed E-state index contributed by atoms with van der Waals surface area (Å²) in [5.41, 5.74) is 6.46. The van der Waals surface area contributed by atoms with E-state index in [-0.39, 0.29) is 35.0 Å². The SMILES string of the molecule is CC(=NNC(N)=O)P(C)(=O)O.[NaH]. The number of nitrogens with zero attached hydrogens (tertiary/aromatic N) is 1. The molecule has 0 fully saturated rings. The van der Waals surface area contributed by atoms with Crippen molar-refractivity contribution in [3.63, 3.8) is 0 Å². The van der Waals surface area contributed by atoms with Gasteiger partial charge < -0.3 is 10.6 Å². The molecule has 0 radical (unpaired) electrons. The van der Waals surface area contributed by atoms with Crippen LogP contribution in [0, 0.1) is 0 Å². The first-order valence-corrected chi connectivity index (χ1v) is 4.85. The zero-order valence-electron chi connectivity index (χ0n) is 6.24. The molecule has 0 aliphatic heterocycles. The van der Waals surface area contributed by atoms with Crippen molar-refractivity contribution >= 4 is 48.4 Å². The van der Waals surface area contributed by atoms with E-state index in [1.165, 1.54) is 6.92 Å². The minimum atomic E-state index is -3.33. The van der Waals surface area contributed by atoms with Crippen molar-refractivity contribution in [2.45, 2.75) is 6.92 Å². The van der Waals surface area contributed by atoms with E-state index >= 15 is 0 Å². The molecule has 4 N–H and O–H groups in total. The number of nitrogens with one attached hydrogen (secondary N) is 1. The van der Waals surface area contributed by atoms with Gasteiger partial charge in [-0.1, -0.05) is 0 Å². The molecule has 8 heteroatoms. The standard InChI is InChI=1S/C4H10N3O3P.Na.H/c1-3(11(2,9)10)6-7-4(5)8;;/h1-2H3,(H,9,10)(H3,5,7,8);;. The van der Waals surface area contributed by atoms with Crippen LogP contribution in [-0.2, 0) is 4.57 Å². The number of carbonyl (C=O) groups is 1. The monoisotopic (exact) mass is 203 g/mol. The van der Waals surface area contributed by atoms with E-state index in [0.717, 1.165) is 6.66 Å². The van der Waals surface area contributed by atoms with Crippen LogP contribution in [0.5, 0.6) is 0 Å². The molecule has 0 aromatic rings. The summed E-state index contributed by atoms with van der Waals surface area (Å²) < 4.78 is 10.8. The van der Waals surface area contributed by atoms with Gasteiger partial charge in [0.15, 0.2) is 0 Å². The van der Waals surface area contributed by atoms with E-state index in [4.69, 9.17) is 4.89 Å². The third kappa shape index (κ3) is 6.82. The van der Waals surface area contributed by atoms with Crippen LogP contribution in [0.1, 0.15) is 6.92 Å². The van der Waals surface area contributed by atoms with Crippen LogP contribution in [0.15, 0.2) is 5.10 Å². The van der Waals surface area contributed by atoms with Crippen molar-refractivity contribution in [1.82, 2.24) is 5.43 Å². The van der Waals surface area contributed by atoms with Crippen LogP contribution < -0.4 is 11.2 Å². The molecular weight excluding hydrogens is 192 g/mol. The topological polar surface area (TPSA) is 105 Å². The molecule has 0 bridgehead atoms. The van der Waals surface area contributed by atoms with Gasteiger partial charge in [0.05, 0.1) is 0 Å². The van der Waals surface area contributed by atoms with E-state index in [2.05, 4.69) is 10.8 Å². The van der Waals surface area contributed by atoms with Crippen molar-refractivity contribution in [2.75, 3.05) is 6.66 Å². The normalized spacial score (nSPS) is 15.8. The Morgan fingerprint density at radius 2 is 2.08 bits per heavy atom. The molecule has 0 saturated heterocycles. The van der Waals surface area contributed by atoms with Crippen LogP contribution >= 0.6 is 7.37 Å². The fraction of sp³-hybridized carbons (Fsp3) is 0.500. The molecule has 1 atom stereocenters. The van der Waals surface area contributed by atoms with Crippen LogP contribution in [-0.4, -0.2) is 52.6 Å². The first-order chi connectivity index (χ1) is 4.84. The molecule has 0 aromatic carbocycles. The Morgan fingerprint density at radius 1 is 1.67 bits per heavy atom. The molecule has 0 spiro atoms. The van der Waals surface area contributed by atoms with Gasteiger partial charge >= 0.3 is 35.6 Å². The summed E-state index contributed by atoms with van der Waals surface area (Å²) >= 11 is 0. The fourth-order valence-corrected chi connectivity index (χ4v) is 0.464. The molecule has 2 amide bonds. The predicted octanol–water partition coefficient (Wildman–Crippen LogP) is -0.760. The number of hydrogen-bond acceptors (Lipinski definition) is 3. The van der Waals surface area contributed by atoms with Gasteiger partial charge in [-0.3, -0.25) is 4.57 Å². The molecule has 0 aromatic heterocycles. The number of rotatable bonds is 2. The summed E-state index contributed by atoms with van der Waals surface area (Å²) in [5.74, 6) is 0. The second-order valence-corrected chi connectivity index (χ2v) is 4.42. The maximum atomic E-state index is 10.8. The Hall–Kier alpha value is 0.130. The van der Waals surface area contributed by atoms with E-state index in [0.29, 0.717) is 0 Å². The average molecular weight is 203 g/mol. The Bertz CT molecular complexity index is 236. The minimum absolute atomic E-state index is 0. The maximum absolute atomic E-state index is 10.8. The summed E-state index contributed by atoms with van der Waals surface area (Å²) in [7, 11) is -3.33. The van der Waals surface area contributed by atoms with Crippen molar-refractivity contribution in [2.24, 2.45) is 10.8 Å². The average Bonchev–Trinajstić information content (AvgIpc) is 1.80. The van der Waals surface area contributed by atoms with Gasteiger partial charge in [0.2, 0.25) is 7.37 Å². The van der Waals surface area contributed by atoms with Crippen LogP contribution in [0.4, 0.5) is 4.79 Å². The van der Waals surface area contributed by atoms with E-state index < -0.39 is 13.4 Å². The van der Waals surface area contributed by atoms with Gasteiger partial charge in [0.1, 0.15) is 5.45 Å². The van der Waals surface area contributed by atoms with Crippen LogP contribution in [0.2, 0.25) is 0 Å². The van der Waals surface area contributed by atoms with Crippen molar-refractivity contribution in [1.29, 1.82) is 0 Å². The van der Waals surface area contributed by atoms with E-state index in [1.54, 1.807) is 0 Å². The van der Waals surface area contributed by atoms with Gasteiger partial charge in [-0.2, -0.15) is 5.10 Å². The molecule has 0 aliphatic carbocycles. The van der Waals surface area contributed by atoms with Gasteiger partial charge in [-0.05, 0) is 6.92 Å². The zero-order chi connectivity index (χ0) is 9.07. The Labute approximate surface area is 92.3 Å². The number of hydrogen-bond donors (Lipinski definition) is 3. The molecule has 66 valence electrons. The summed E-state index contributed by atoms with van der Waals surface area (Å²) in [6.07, 6.45) is 0. The number of primary amides is 1. The van der Waals surface area contributed by atoms with Gasteiger partial charge in [0, 0.05) is 6.66 Å². The fourth-order valence-electron chi connectivity index (χ4n) is 0.229. The summed E-state index contributed by atoms with van der Waals surface area (Å²) in [5, 5.41) is 3.27. The summed E-state index contributed by atoms with van der Waals surface area (Å²) in [4.78, 5) is 18.9. The molecule has 0 heterocycles. The first kappa shape index (κ1) is 14.6. The number of nitrogens with two attached hydrogens (primary N) is 1. The number of amides is 2. The number of hydrazone groups is 1. The molecule has 0 rings (SSSR count). The Kier molecular flexibility index (Phi) is 6.98.